The molecular formula is C9H17KO. The van der Waals surface area contributed by atoms with Gasteiger partial charge in [0.1, 0.15) is 0 Å². The Kier molecular flexibility index (Phi) is 4.82. The third-order valence-electron chi connectivity index (χ3n) is 1.82. The van der Waals surface area contributed by atoms with Gasteiger partial charge in [0.05, 0.1) is 0 Å². The molecule has 0 aliphatic carbocycles. The van der Waals surface area contributed by atoms with E-state index in [9.17, 15) is 0 Å². The standard InChI is InChI=1S/C9H17O.K/c1-8(2)6-5-7-9(3,4)10-8;/h5H,6-7H2,1-4H3;/q-1;+1. The fourth-order valence-electron chi connectivity index (χ4n) is 1.60. The van der Waals surface area contributed by atoms with Crippen LogP contribution in [0, 0.1) is 6.42 Å². The largest absolute Gasteiger partial charge is 1.00 e. The van der Waals surface area contributed by atoms with Crippen molar-refractivity contribution in [3.63, 3.8) is 0 Å². The van der Waals surface area contributed by atoms with Gasteiger partial charge in [-0.1, -0.05) is 0 Å². The van der Waals surface area contributed by atoms with Gasteiger partial charge in [-0.05, 0) is 27.7 Å². The summed E-state index contributed by atoms with van der Waals surface area (Å²) in [4.78, 5) is 0. The molecular weight excluding hydrogens is 163 g/mol. The molecule has 1 nitrogen and oxygen atoms in total. The molecule has 0 aromatic heterocycles. The maximum absolute atomic E-state index is 5.83. The molecule has 0 radical (unpaired) electrons. The molecule has 0 spiro atoms. The Bertz CT molecular complexity index is 116. The van der Waals surface area contributed by atoms with Crippen molar-refractivity contribution in [1.29, 1.82) is 0 Å². The first-order valence-corrected chi connectivity index (χ1v) is 3.93. The van der Waals surface area contributed by atoms with Crippen molar-refractivity contribution >= 4 is 0 Å². The van der Waals surface area contributed by atoms with Crippen LogP contribution in [0.4, 0.5) is 0 Å². The van der Waals surface area contributed by atoms with Crippen molar-refractivity contribution in [3.8, 4) is 0 Å². The summed E-state index contributed by atoms with van der Waals surface area (Å²) in [6.07, 6.45) is 4.48. The van der Waals surface area contributed by atoms with Gasteiger partial charge in [-0.25, -0.2) is 0 Å². The van der Waals surface area contributed by atoms with E-state index in [2.05, 4.69) is 34.1 Å². The average Bonchev–Trinajstić information content (AvgIpc) is 1.56. The predicted molar refractivity (Wildman–Crippen MR) is 42.8 cm³/mol. The molecule has 1 saturated heterocycles. The second kappa shape index (κ2) is 4.21. The van der Waals surface area contributed by atoms with E-state index in [-0.39, 0.29) is 62.6 Å². The molecule has 0 saturated carbocycles. The summed E-state index contributed by atoms with van der Waals surface area (Å²) >= 11 is 0. The molecule has 60 valence electrons. The predicted octanol–water partition coefficient (Wildman–Crippen LogP) is -0.438. The maximum Gasteiger partial charge on any atom is 1.00 e. The van der Waals surface area contributed by atoms with E-state index in [1.54, 1.807) is 0 Å². The molecule has 0 aromatic carbocycles. The molecule has 11 heavy (non-hydrogen) atoms. The van der Waals surface area contributed by atoms with Gasteiger partial charge in [-0.3, -0.25) is 0 Å². The summed E-state index contributed by atoms with van der Waals surface area (Å²) < 4.78 is 5.83. The molecule has 1 aliphatic heterocycles. The summed E-state index contributed by atoms with van der Waals surface area (Å²) in [6.45, 7) is 8.57. The first-order valence-electron chi connectivity index (χ1n) is 3.93. The Morgan fingerprint density at radius 2 is 1.36 bits per heavy atom. The number of rotatable bonds is 0. The minimum absolute atomic E-state index is 0. The van der Waals surface area contributed by atoms with Crippen LogP contribution in [-0.4, -0.2) is 11.2 Å². The molecule has 1 fully saturated rings. The van der Waals surface area contributed by atoms with Gasteiger partial charge in [0, 0.05) is 11.2 Å². The van der Waals surface area contributed by atoms with Crippen LogP contribution in [0.1, 0.15) is 40.5 Å². The monoisotopic (exact) mass is 180 g/mol. The van der Waals surface area contributed by atoms with Gasteiger partial charge in [-0.15, -0.1) is 0 Å². The van der Waals surface area contributed by atoms with Gasteiger partial charge < -0.3 is 11.2 Å². The Hall–Kier alpha value is 1.60. The number of ether oxygens (including phenoxy) is 1. The Balaban J connectivity index is 0.000001000. The second-order valence-electron chi connectivity index (χ2n) is 4.32. The third-order valence-corrected chi connectivity index (χ3v) is 1.82. The van der Waals surface area contributed by atoms with E-state index in [0.29, 0.717) is 0 Å². The van der Waals surface area contributed by atoms with E-state index in [1.165, 1.54) is 0 Å². The molecule has 0 N–H and O–H groups in total. The molecule has 1 heterocycles. The SMILES string of the molecule is CC1(C)C[CH-]CC(C)(C)O1.[K+]. The first kappa shape index (κ1) is 12.6. The summed E-state index contributed by atoms with van der Waals surface area (Å²) in [5.41, 5.74) is 0.115. The van der Waals surface area contributed by atoms with Crippen molar-refractivity contribution in [2.75, 3.05) is 0 Å². The zero-order valence-electron chi connectivity index (χ0n) is 8.40. The maximum atomic E-state index is 5.83. The summed E-state index contributed by atoms with van der Waals surface area (Å²) in [5, 5.41) is 0. The van der Waals surface area contributed by atoms with E-state index in [0.717, 1.165) is 12.8 Å². The number of hydrogen-bond donors (Lipinski definition) is 0. The van der Waals surface area contributed by atoms with Crippen LogP contribution < -0.4 is 51.4 Å². The van der Waals surface area contributed by atoms with Crippen molar-refractivity contribution in [2.45, 2.75) is 51.7 Å². The summed E-state index contributed by atoms with van der Waals surface area (Å²) in [6, 6.07) is 0. The van der Waals surface area contributed by atoms with Crippen molar-refractivity contribution in [2.24, 2.45) is 0 Å². The van der Waals surface area contributed by atoms with Crippen LogP contribution in [-0.2, 0) is 4.74 Å². The fourth-order valence-corrected chi connectivity index (χ4v) is 1.60. The quantitative estimate of drug-likeness (QED) is 0.363. The van der Waals surface area contributed by atoms with E-state index >= 15 is 0 Å². The van der Waals surface area contributed by atoms with Gasteiger partial charge >= 0.3 is 51.4 Å². The van der Waals surface area contributed by atoms with Gasteiger partial charge in [0.25, 0.3) is 0 Å². The van der Waals surface area contributed by atoms with Crippen molar-refractivity contribution < 1.29 is 56.1 Å². The molecule has 0 amide bonds. The summed E-state index contributed by atoms with van der Waals surface area (Å²) in [7, 11) is 0. The van der Waals surface area contributed by atoms with Crippen molar-refractivity contribution in [3.05, 3.63) is 6.42 Å². The van der Waals surface area contributed by atoms with Crippen molar-refractivity contribution in [1.82, 2.24) is 0 Å². The van der Waals surface area contributed by atoms with E-state index in [1.807, 2.05) is 0 Å². The Morgan fingerprint density at radius 1 is 1.00 bits per heavy atom. The normalized spacial score (nSPS) is 27.3. The minimum Gasteiger partial charge on any atom is -0.375 e. The molecule has 0 aromatic rings. The van der Waals surface area contributed by atoms with Crippen LogP contribution in [0.3, 0.4) is 0 Å². The first-order chi connectivity index (χ1) is 4.41. The Labute approximate surface area is 113 Å². The molecule has 0 bridgehead atoms. The van der Waals surface area contributed by atoms with E-state index in [4.69, 9.17) is 4.74 Å². The molecule has 0 atom stereocenters. The van der Waals surface area contributed by atoms with Gasteiger partial charge in [-0.2, -0.15) is 12.8 Å². The second-order valence-corrected chi connectivity index (χ2v) is 4.32. The fraction of sp³-hybridized carbons (Fsp3) is 0.889. The minimum atomic E-state index is 0. The Morgan fingerprint density at radius 3 is 1.55 bits per heavy atom. The molecule has 2 heteroatoms. The molecule has 1 aliphatic rings. The number of hydrogen-bond acceptors (Lipinski definition) is 1. The van der Waals surface area contributed by atoms with E-state index < -0.39 is 0 Å². The topological polar surface area (TPSA) is 9.23 Å². The summed E-state index contributed by atoms with van der Waals surface area (Å²) in [5.74, 6) is 0. The van der Waals surface area contributed by atoms with Crippen LogP contribution in [0.2, 0.25) is 0 Å². The van der Waals surface area contributed by atoms with Crippen LogP contribution in [0.15, 0.2) is 0 Å². The smallest absolute Gasteiger partial charge is 0.375 e. The molecule has 1 rings (SSSR count). The average molecular weight is 180 g/mol. The van der Waals surface area contributed by atoms with Crippen LogP contribution in [0.25, 0.3) is 0 Å². The van der Waals surface area contributed by atoms with Crippen LogP contribution in [0.5, 0.6) is 0 Å². The third kappa shape index (κ3) is 4.39. The van der Waals surface area contributed by atoms with Crippen LogP contribution >= 0.6 is 0 Å². The zero-order chi connectivity index (χ0) is 7.83. The zero-order valence-corrected chi connectivity index (χ0v) is 11.5. The van der Waals surface area contributed by atoms with Gasteiger partial charge in [0.15, 0.2) is 0 Å². The van der Waals surface area contributed by atoms with Gasteiger partial charge in [0.2, 0.25) is 0 Å². The molecule has 0 unspecified atom stereocenters.